The molecule has 136 valence electrons. The van der Waals surface area contributed by atoms with Crippen LogP contribution in [0.1, 0.15) is 53.9 Å². The maximum atomic E-state index is 11.7. The smallest absolute Gasteiger partial charge is 0.310 e. The highest BCUT2D eigenvalue weighted by molar-refractivity contribution is 5.71. The van der Waals surface area contributed by atoms with E-state index in [4.69, 9.17) is 14.2 Å². The SMILES string of the molecule is CC(C)CCCC(=O)OC(NC=O)O[C@@H](C)OC(=O)C(C)C.O. The molecule has 0 aliphatic rings. The van der Waals surface area contributed by atoms with Crippen LogP contribution < -0.4 is 5.32 Å². The van der Waals surface area contributed by atoms with E-state index in [1.165, 1.54) is 6.92 Å². The summed E-state index contributed by atoms with van der Waals surface area (Å²) in [7, 11) is 0. The Morgan fingerprint density at radius 2 is 1.70 bits per heavy atom. The molecule has 0 fully saturated rings. The summed E-state index contributed by atoms with van der Waals surface area (Å²) in [5, 5.41) is 2.21. The van der Waals surface area contributed by atoms with E-state index in [-0.39, 0.29) is 17.8 Å². The van der Waals surface area contributed by atoms with Crippen molar-refractivity contribution in [3.8, 4) is 0 Å². The Hall–Kier alpha value is -1.67. The van der Waals surface area contributed by atoms with Crippen molar-refractivity contribution >= 4 is 18.3 Å². The molecule has 0 bridgehead atoms. The first kappa shape index (κ1) is 23.6. The van der Waals surface area contributed by atoms with Gasteiger partial charge in [-0.25, -0.2) is 0 Å². The topological polar surface area (TPSA) is 122 Å². The van der Waals surface area contributed by atoms with E-state index in [0.29, 0.717) is 18.7 Å². The molecule has 0 heterocycles. The van der Waals surface area contributed by atoms with Gasteiger partial charge in [0.1, 0.15) is 0 Å². The number of nitrogens with one attached hydrogen (secondary N) is 1. The first-order chi connectivity index (χ1) is 10.3. The summed E-state index contributed by atoms with van der Waals surface area (Å²) < 4.78 is 15.1. The van der Waals surface area contributed by atoms with Crippen LogP contribution in [0.5, 0.6) is 0 Å². The quantitative estimate of drug-likeness (QED) is 0.343. The number of carbonyl (C=O) groups excluding carboxylic acids is 3. The third-order valence-electron chi connectivity index (χ3n) is 2.67. The predicted octanol–water partition coefficient (Wildman–Crippen LogP) is 1.12. The fraction of sp³-hybridized carbons (Fsp3) is 0.800. The second-order valence-corrected chi connectivity index (χ2v) is 5.69. The lowest BCUT2D eigenvalue weighted by molar-refractivity contribution is -0.239. The first-order valence-corrected chi connectivity index (χ1v) is 7.51. The predicted molar refractivity (Wildman–Crippen MR) is 82.9 cm³/mol. The average molecular weight is 335 g/mol. The normalized spacial score (nSPS) is 13.0. The molecule has 8 nitrogen and oxygen atoms in total. The van der Waals surface area contributed by atoms with Gasteiger partial charge in [0.15, 0.2) is 0 Å². The summed E-state index contributed by atoms with van der Waals surface area (Å²) >= 11 is 0. The number of amides is 1. The van der Waals surface area contributed by atoms with E-state index in [0.717, 1.165) is 6.42 Å². The maximum Gasteiger partial charge on any atom is 0.310 e. The fourth-order valence-electron chi connectivity index (χ4n) is 1.49. The molecule has 0 radical (unpaired) electrons. The molecule has 3 N–H and O–H groups in total. The van der Waals surface area contributed by atoms with Crippen molar-refractivity contribution < 1.29 is 34.1 Å². The zero-order valence-electron chi connectivity index (χ0n) is 14.5. The highest BCUT2D eigenvalue weighted by Crippen LogP contribution is 2.09. The van der Waals surface area contributed by atoms with Crippen LogP contribution >= 0.6 is 0 Å². The number of hydrogen-bond acceptors (Lipinski definition) is 6. The van der Waals surface area contributed by atoms with Crippen LogP contribution in [-0.2, 0) is 28.6 Å². The Balaban J connectivity index is 0. The highest BCUT2D eigenvalue weighted by atomic mass is 16.8. The molecule has 0 spiro atoms. The van der Waals surface area contributed by atoms with Gasteiger partial charge in [-0.05, 0) is 19.3 Å². The van der Waals surface area contributed by atoms with Gasteiger partial charge in [0, 0.05) is 6.42 Å². The summed E-state index contributed by atoms with van der Waals surface area (Å²) in [6.07, 6.45) is -0.0384. The van der Waals surface area contributed by atoms with E-state index >= 15 is 0 Å². The third-order valence-corrected chi connectivity index (χ3v) is 2.67. The van der Waals surface area contributed by atoms with E-state index in [1.807, 2.05) is 0 Å². The van der Waals surface area contributed by atoms with E-state index in [1.54, 1.807) is 13.8 Å². The summed E-state index contributed by atoms with van der Waals surface area (Å²) in [4.78, 5) is 33.6. The Labute approximate surface area is 137 Å². The van der Waals surface area contributed by atoms with Crippen LogP contribution in [0.2, 0.25) is 0 Å². The molecular weight excluding hydrogens is 306 g/mol. The average Bonchev–Trinajstić information content (AvgIpc) is 2.37. The minimum absolute atomic E-state index is 0. The first-order valence-electron chi connectivity index (χ1n) is 7.51. The van der Waals surface area contributed by atoms with Gasteiger partial charge in [0.25, 0.3) is 6.41 Å². The lowest BCUT2D eigenvalue weighted by Gasteiger charge is -2.22. The standard InChI is InChI=1S/C15H27NO6.H2O/c1-10(2)7-6-8-13(18)22-15(16-9-17)21-12(5)20-14(19)11(3)4;/h9-12,15H,6-8H2,1-5H3,(H,16,17);1H2/t12-,15?;/m0./s1. The van der Waals surface area contributed by atoms with E-state index < -0.39 is 24.6 Å². The van der Waals surface area contributed by atoms with Crippen molar-refractivity contribution in [1.82, 2.24) is 5.32 Å². The molecule has 0 aromatic heterocycles. The zero-order valence-corrected chi connectivity index (χ0v) is 14.5. The highest BCUT2D eigenvalue weighted by Gasteiger charge is 2.20. The van der Waals surface area contributed by atoms with Gasteiger partial charge >= 0.3 is 11.9 Å². The van der Waals surface area contributed by atoms with Gasteiger partial charge in [0.2, 0.25) is 12.7 Å². The molecule has 8 heteroatoms. The summed E-state index contributed by atoms with van der Waals surface area (Å²) in [5.74, 6) is -0.728. The third kappa shape index (κ3) is 12.5. The summed E-state index contributed by atoms with van der Waals surface area (Å²) in [5.41, 5.74) is 0. The minimum Gasteiger partial charge on any atom is -0.436 e. The van der Waals surface area contributed by atoms with Crippen molar-refractivity contribution in [3.05, 3.63) is 0 Å². The summed E-state index contributed by atoms with van der Waals surface area (Å²) in [6, 6.07) is 0. The van der Waals surface area contributed by atoms with Crippen molar-refractivity contribution in [2.75, 3.05) is 0 Å². The van der Waals surface area contributed by atoms with Crippen LogP contribution in [0.15, 0.2) is 0 Å². The lowest BCUT2D eigenvalue weighted by Crippen LogP contribution is -2.39. The largest absolute Gasteiger partial charge is 0.436 e. The number of hydrogen-bond donors (Lipinski definition) is 1. The van der Waals surface area contributed by atoms with Crippen molar-refractivity contribution in [1.29, 1.82) is 0 Å². The fourth-order valence-corrected chi connectivity index (χ4v) is 1.49. The van der Waals surface area contributed by atoms with Crippen LogP contribution in [-0.4, -0.2) is 36.5 Å². The van der Waals surface area contributed by atoms with E-state index in [2.05, 4.69) is 19.2 Å². The molecule has 23 heavy (non-hydrogen) atoms. The molecule has 0 aliphatic heterocycles. The Kier molecular flexibility index (Phi) is 13.2. The van der Waals surface area contributed by atoms with Crippen LogP contribution in [0.3, 0.4) is 0 Å². The second-order valence-electron chi connectivity index (χ2n) is 5.69. The molecule has 0 saturated carbocycles. The second kappa shape index (κ2) is 12.8. The Morgan fingerprint density at radius 3 is 2.17 bits per heavy atom. The van der Waals surface area contributed by atoms with Gasteiger partial charge in [-0.3, -0.25) is 24.4 Å². The Morgan fingerprint density at radius 1 is 1.09 bits per heavy atom. The van der Waals surface area contributed by atoms with Gasteiger partial charge in [-0.2, -0.15) is 0 Å². The molecule has 0 saturated heterocycles. The van der Waals surface area contributed by atoms with Gasteiger partial charge in [-0.15, -0.1) is 0 Å². The molecular formula is C15H29NO7. The van der Waals surface area contributed by atoms with E-state index in [9.17, 15) is 14.4 Å². The molecule has 0 aliphatic carbocycles. The van der Waals surface area contributed by atoms with Gasteiger partial charge in [0.05, 0.1) is 5.92 Å². The van der Waals surface area contributed by atoms with Crippen LogP contribution in [0.25, 0.3) is 0 Å². The number of esters is 2. The zero-order chi connectivity index (χ0) is 17.1. The number of ether oxygens (including phenoxy) is 3. The van der Waals surface area contributed by atoms with Crippen molar-refractivity contribution in [2.24, 2.45) is 11.8 Å². The van der Waals surface area contributed by atoms with Crippen molar-refractivity contribution in [2.45, 2.75) is 66.6 Å². The monoisotopic (exact) mass is 335 g/mol. The van der Waals surface area contributed by atoms with Crippen molar-refractivity contribution in [3.63, 3.8) is 0 Å². The van der Waals surface area contributed by atoms with Crippen LogP contribution in [0, 0.1) is 11.8 Å². The molecule has 1 amide bonds. The molecule has 0 rings (SSSR count). The summed E-state index contributed by atoms with van der Waals surface area (Å²) in [6.45, 7) is 8.98. The minimum atomic E-state index is -1.28. The molecule has 0 aromatic rings. The Bertz CT molecular complexity index is 358. The molecule has 0 aromatic carbocycles. The number of rotatable bonds is 11. The van der Waals surface area contributed by atoms with Gasteiger partial charge < -0.3 is 14.9 Å². The number of carbonyl (C=O) groups is 3. The lowest BCUT2D eigenvalue weighted by atomic mass is 10.1. The van der Waals surface area contributed by atoms with Crippen LogP contribution in [0.4, 0.5) is 0 Å². The molecule has 1 unspecified atom stereocenters. The van der Waals surface area contributed by atoms with Gasteiger partial charge in [-0.1, -0.05) is 34.1 Å². The maximum absolute atomic E-state index is 11.7. The molecule has 2 atom stereocenters.